The number of benzene rings is 1. The van der Waals surface area contributed by atoms with Crippen molar-refractivity contribution in [3.63, 3.8) is 0 Å². The molecule has 0 aliphatic rings. The van der Waals surface area contributed by atoms with E-state index in [1.807, 2.05) is 26.0 Å². The monoisotopic (exact) mass is 279 g/mol. The zero-order chi connectivity index (χ0) is 11.4. The summed E-state index contributed by atoms with van der Waals surface area (Å²) < 4.78 is 12.1. The largest absolute Gasteiger partial charge is 0.460 e. The van der Waals surface area contributed by atoms with Crippen molar-refractivity contribution in [1.29, 1.82) is 0 Å². The number of halogens is 1. The molecule has 3 nitrogen and oxygen atoms in total. The van der Waals surface area contributed by atoms with Crippen LogP contribution in [0.1, 0.15) is 11.5 Å². The van der Waals surface area contributed by atoms with Crippen molar-refractivity contribution in [3.8, 4) is 0 Å². The fraction of sp³-hybridized carbons (Fsp3) is 0.167. The third kappa shape index (κ3) is 1.13. The van der Waals surface area contributed by atoms with Crippen molar-refractivity contribution in [2.45, 2.75) is 13.8 Å². The minimum absolute atomic E-state index is 0.637. The fourth-order valence-corrected chi connectivity index (χ4v) is 2.59. The van der Waals surface area contributed by atoms with Gasteiger partial charge in [0.15, 0.2) is 11.2 Å². The molecular weight excluding hydrogens is 270 g/mol. The van der Waals surface area contributed by atoms with Crippen LogP contribution in [0.5, 0.6) is 0 Å². The number of rotatable bonds is 0. The first kappa shape index (κ1) is 9.78. The first-order valence-corrected chi connectivity index (χ1v) is 5.74. The first-order chi connectivity index (χ1) is 7.58. The molecule has 0 radical (unpaired) electrons. The van der Waals surface area contributed by atoms with E-state index in [0.717, 1.165) is 37.9 Å². The van der Waals surface area contributed by atoms with Gasteiger partial charge in [-0.1, -0.05) is 0 Å². The molecule has 2 heterocycles. The fourth-order valence-electron chi connectivity index (χ4n) is 2.00. The molecule has 0 aliphatic carbocycles. The maximum absolute atomic E-state index is 6.08. The normalized spacial score (nSPS) is 11.7. The lowest BCUT2D eigenvalue weighted by Crippen LogP contribution is -1.86. The summed E-state index contributed by atoms with van der Waals surface area (Å²) in [5.74, 6) is 1.68. The number of hydrogen-bond donors (Lipinski definition) is 1. The van der Waals surface area contributed by atoms with Gasteiger partial charge in [0.2, 0.25) is 0 Å². The molecule has 0 bridgehead atoms. The van der Waals surface area contributed by atoms with Crippen LogP contribution in [0.3, 0.4) is 0 Å². The van der Waals surface area contributed by atoms with Gasteiger partial charge < -0.3 is 14.6 Å². The highest BCUT2D eigenvalue weighted by atomic mass is 79.9. The van der Waals surface area contributed by atoms with E-state index in [9.17, 15) is 0 Å². The predicted octanol–water partition coefficient (Wildman–Crippen LogP) is 4.14. The zero-order valence-electron chi connectivity index (χ0n) is 8.93. The average molecular weight is 280 g/mol. The molecule has 0 fully saturated rings. The minimum Gasteiger partial charge on any atom is -0.460 e. The lowest BCUT2D eigenvalue weighted by Gasteiger charge is -1.99. The Hall–Kier alpha value is -1.42. The van der Waals surface area contributed by atoms with Crippen LogP contribution in [0.4, 0.5) is 5.69 Å². The van der Waals surface area contributed by atoms with E-state index in [1.165, 1.54) is 0 Å². The maximum atomic E-state index is 6.08. The maximum Gasteiger partial charge on any atom is 0.159 e. The second kappa shape index (κ2) is 3.04. The smallest absolute Gasteiger partial charge is 0.159 e. The molecule has 0 atom stereocenters. The number of aryl methyl sites for hydroxylation is 2. The Bertz CT molecular complexity index is 594. The summed E-state index contributed by atoms with van der Waals surface area (Å²) in [7, 11) is 0. The third-order valence-electron chi connectivity index (χ3n) is 2.68. The quantitative estimate of drug-likeness (QED) is 0.629. The molecule has 2 N–H and O–H groups in total. The molecule has 82 valence electrons. The summed E-state index contributed by atoms with van der Waals surface area (Å²) >= 11 is 3.53. The van der Waals surface area contributed by atoms with Gasteiger partial charge in [-0.2, -0.15) is 0 Å². The Morgan fingerprint density at radius 1 is 1.00 bits per heavy atom. The van der Waals surface area contributed by atoms with Crippen molar-refractivity contribution in [3.05, 3.63) is 28.1 Å². The van der Waals surface area contributed by atoms with Crippen LogP contribution in [-0.4, -0.2) is 0 Å². The van der Waals surface area contributed by atoms with Crippen LogP contribution in [0.15, 0.2) is 25.4 Å². The van der Waals surface area contributed by atoms with Gasteiger partial charge in [-0.25, -0.2) is 0 Å². The van der Waals surface area contributed by atoms with Crippen LogP contribution < -0.4 is 5.73 Å². The SMILES string of the molecule is Cc1cc2c(Br)c3oc(C)cc3c(N)c2o1. The highest BCUT2D eigenvalue weighted by Crippen LogP contribution is 2.40. The van der Waals surface area contributed by atoms with Crippen LogP contribution in [-0.2, 0) is 0 Å². The van der Waals surface area contributed by atoms with Gasteiger partial charge in [0.05, 0.1) is 10.2 Å². The number of nitrogens with two attached hydrogens (primary N) is 1. The highest BCUT2D eigenvalue weighted by molar-refractivity contribution is 9.10. The average Bonchev–Trinajstić information content (AvgIpc) is 2.78. The molecule has 0 spiro atoms. The molecule has 3 aromatic rings. The van der Waals surface area contributed by atoms with Gasteiger partial charge >= 0.3 is 0 Å². The van der Waals surface area contributed by atoms with Gasteiger partial charge in [-0.3, -0.25) is 0 Å². The molecule has 2 aromatic heterocycles. The van der Waals surface area contributed by atoms with Gasteiger partial charge in [-0.05, 0) is 41.9 Å². The number of anilines is 1. The summed E-state index contributed by atoms with van der Waals surface area (Å²) in [6.07, 6.45) is 0. The topological polar surface area (TPSA) is 52.3 Å². The van der Waals surface area contributed by atoms with Crippen LogP contribution in [0, 0.1) is 13.8 Å². The van der Waals surface area contributed by atoms with Crippen molar-refractivity contribution < 1.29 is 8.83 Å². The summed E-state index contributed by atoms with van der Waals surface area (Å²) in [5.41, 5.74) is 8.21. The van der Waals surface area contributed by atoms with E-state index in [-0.39, 0.29) is 0 Å². The van der Waals surface area contributed by atoms with E-state index in [0.29, 0.717) is 5.69 Å². The summed E-state index contributed by atoms with van der Waals surface area (Å²) in [6.45, 7) is 3.80. The van der Waals surface area contributed by atoms with Crippen LogP contribution >= 0.6 is 15.9 Å². The molecule has 0 amide bonds. The first-order valence-electron chi connectivity index (χ1n) is 4.95. The second-order valence-corrected chi connectivity index (χ2v) is 4.72. The van der Waals surface area contributed by atoms with Crippen LogP contribution in [0.2, 0.25) is 0 Å². The van der Waals surface area contributed by atoms with E-state index < -0.39 is 0 Å². The summed E-state index contributed by atoms with van der Waals surface area (Å²) in [4.78, 5) is 0. The van der Waals surface area contributed by atoms with Crippen LogP contribution in [0.25, 0.3) is 21.9 Å². The highest BCUT2D eigenvalue weighted by Gasteiger charge is 2.17. The van der Waals surface area contributed by atoms with Crippen molar-refractivity contribution >= 4 is 43.6 Å². The number of nitrogen functional groups attached to an aromatic ring is 1. The molecule has 16 heavy (non-hydrogen) atoms. The molecule has 0 saturated carbocycles. The van der Waals surface area contributed by atoms with E-state index in [1.54, 1.807) is 0 Å². The predicted molar refractivity (Wildman–Crippen MR) is 67.6 cm³/mol. The van der Waals surface area contributed by atoms with E-state index in [4.69, 9.17) is 14.6 Å². The lowest BCUT2D eigenvalue weighted by molar-refractivity contribution is 0.575. The number of furan rings is 2. The van der Waals surface area contributed by atoms with Crippen molar-refractivity contribution in [2.75, 3.05) is 5.73 Å². The lowest BCUT2D eigenvalue weighted by atomic mass is 10.1. The molecule has 0 unspecified atom stereocenters. The Labute approximate surface area is 100 Å². The van der Waals surface area contributed by atoms with Gasteiger partial charge in [0, 0.05) is 10.8 Å². The third-order valence-corrected chi connectivity index (χ3v) is 3.47. The van der Waals surface area contributed by atoms with Gasteiger partial charge in [0.1, 0.15) is 11.5 Å². The molecule has 1 aromatic carbocycles. The zero-order valence-corrected chi connectivity index (χ0v) is 10.5. The van der Waals surface area contributed by atoms with Crippen molar-refractivity contribution in [2.24, 2.45) is 0 Å². The standard InChI is InChI=1S/C12H10BrNO2/c1-5-3-7-9(13)11-8(4-6(2)15-11)10(14)12(7)16-5/h3-4H,14H2,1-2H3. The molecule has 0 aliphatic heterocycles. The van der Waals surface area contributed by atoms with E-state index >= 15 is 0 Å². The molecule has 4 heteroatoms. The molecule has 3 rings (SSSR count). The van der Waals surface area contributed by atoms with Gasteiger partial charge in [0.25, 0.3) is 0 Å². The molecule has 0 saturated heterocycles. The Kier molecular flexibility index (Phi) is 1.86. The summed E-state index contributed by atoms with van der Waals surface area (Å²) in [6, 6.07) is 3.87. The Balaban J connectivity index is 2.63. The van der Waals surface area contributed by atoms with E-state index in [2.05, 4.69) is 15.9 Å². The van der Waals surface area contributed by atoms with Crippen molar-refractivity contribution in [1.82, 2.24) is 0 Å². The van der Waals surface area contributed by atoms with Gasteiger partial charge in [-0.15, -0.1) is 0 Å². The summed E-state index contributed by atoms with van der Waals surface area (Å²) in [5, 5.41) is 1.85. The Morgan fingerprint density at radius 2 is 1.56 bits per heavy atom. The second-order valence-electron chi connectivity index (χ2n) is 3.93. The number of hydrogen-bond acceptors (Lipinski definition) is 3. The molecular formula is C12H10BrNO2. The number of fused-ring (bicyclic) bond motifs is 2. The Morgan fingerprint density at radius 3 is 2.25 bits per heavy atom. The minimum atomic E-state index is 0.637.